The van der Waals surface area contributed by atoms with Crippen molar-refractivity contribution < 1.29 is 9.84 Å². The molecule has 3 heteroatoms. The molecular weight excluding hydrogens is 154 g/mol. The van der Waals surface area contributed by atoms with Crippen LogP contribution in [0.1, 0.15) is 19.5 Å². The molecule has 12 heavy (non-hydrogen) atoms. The van der Waals surface area contributed by atoms with Gasteiger partial charge in [0.2, 0.25) is 0 Å². The maximum absolute atomic E-state index is 8.87. The van der Waals surface area contributed by atoms with E-state index in [2.05, 4.69) is 11.1 Å². The van der Waals surface area contributed by atoms with Crippen molar-refractivity contribution in [3.05, 3.63) is 24.0 Å². The molecule has 1 radical (unpaired) electrons. The van der Waals surface area contributed by atoms with Crippen molar-refractivity contribution in [2.75, 3.05) is 0 Å². The molecule has 0 aliphatic carbocycles. The monoisotopic (exact) mass is 166 g/mol. The molecule has 0 unspecified atom stereocenters. The summed E-state index contributed by atoms with van der Waals surface area (Å²) in [4.78, 5) is 3.94. The number of pyridine rings is 1. The van der Waals surface area contributed by atoms with Gasteiger partial charge in [0.25, 0.3) is 0 Å². The van der Waals surface area contributed by atoms with Gasteiger partial charge in [-0.3, -0.25) is 4.98 Å². The first-order chi connectivity index (χ1) is 5.74. The third-order valence-corrected chi connectivity index (χ3v) is 1.28. The van der Waals surface area contributed by atoms with Gasteiger partial charge in [-0.15, -0.1) is 0 Å². The fourth-order valence-corrected chi connectivity index (χ4v) is 0.832. The highest BCUT2D eigenvalue weighted by molar-refractivity contribution is 5.24. The summed E-state index contributed by atoms with van der Waals surface area (Å²) in [5.74, 6) is 0.537. The fraction of sp³-hybridized carbons (Fsp3) is 0.444. The Morgan fingerprint density at radius 3 is 3.00 bits per heavy atom. The van der Waals surface area contributed by atoms with Crippen molar-refractivity contribution in [2.45, 2.75) is 26.6 Å². The highest BCUT2D eigenvalue weighted by atomic mass is 16.5. The molecule has 0 atom stereocenters. The van der Waals surface area contributed by atoms with Gasteiger partial charge in [0.15, 0.2) is 5.75 Å². The Balaban J connectivity index is 2.82. The van der Waals surface area contributed by atoms with E-state index in [4.69, 9.17) is 9.84 Å². The second-order valence-corrected chi connectivity index (χ2v) is 2.69. The van der Waals surface area contributed by atoms with Gasteiger partial charge in [0.05, 0.1) is 12.7 Å². The van der Waals surface area contributed by atoms with Gasteiger partial charge >= 0.3 is 0 Å². The van der Waals surface area contributed by atoms with Crippen molar-refractivity contribution >= 4 is 0 Å². The molecule has 1 N–H and O–H groups in total. The second kappa shape index (κ2) is 4.07. The number of ether oxygens (including phenoxy) is 1. The first kappa shape index (κ1) is 9.00. The van der Waals surface area contributed by atoms with Gasteiger partial charge in [-0.1, -0.05) is 0 Å². The lowest BCUT2D eigenvalue weighted by molar-refractivity contribution is 0.221. The van der Waals surface area contributed by atoms with Crippen LogP contribution in [0.15, 0.2) is 12.3 Å². The van der Waals surface area contributed by atoms with Crippen molar-refractivity contribution in [1.29, 1.82) is 0 Å². The summed E-state index contributed by atoms with van der Waals surface area (Å²) in [5, 5.41) is 8.87. The Kier molecular flexibility index (Phi) is 3.05. The van der Waals surface area contributed by atoms with Crippen LogP contribution in [-0.2, 0) is 6.61 Å². The molecule has 0 saturated carbocycles. The van der Waals surface area contributed by atoms with Crippen molar-refractivity contribution in [2.24, 2.45) is 0 Å². The van der Waals surface area contributed by atoms with Crippen LogP contribution in [-0.4, -0.2) is 16.2 Å². The molecule has 1 aromatic heterocycles. The van der Waals surface area contributed by atoms with Gasteiger partial charge in [-0.2, -0.15) is 0 Å². The van der Waals surface area contributed by atoms with E-state index < -0.39 is 0 Å². The third kappa shape index (κ3) is 2.20. The highest BCUT2D eigenvalue weighted by Crippen LogP contribution is 2.15. The Morgan fingerprint density at radius 1 is 1.67 bits per heavy atom. The van der Waals surface area contributed by atoms with Crippen LogP contribution in [0.2, 0.25) is 0 Å². The molecule has 0 spiro atoms. The summed E-state index contributed by atoms with van der Waals surface area (Å²) in [5.41, 5.74) is 0.534. The molecule has 0 saturated heterocycles. The van der Waals surface area contributed by atoms with Crippen molar-refractivity contribution in [1.82, 2.24) is 4.98 Å². The van der Waals surface area contributed by atoms with E-state index in [1.807, 2.05) is 13.8 Å². The molecule has 0 aliphatic heterocycles. The van der Waals surface area contributed by atoms with Crippen LogP contribution in [0, 0.1) is 6.07 Å². The fourth-order valence-electron chi connectivity index (χ4n) is 0.832. The average molecular weight is 166 g/mol. The molecule has 0 bridgehead atoms. The van der Waals surface area contributed by atoms with E-state index in [1.54, 1.807) is 12.3 Å². The largest absolute Gasteiger partial charge is 0.488 e. The van der Waals surface area contributed by atoms with Gasteiger partial charge in [0.1, 0.15) is 5.69 Å². The van der Waals surface area contributed by atoms with E-state index in [9.17, 15) is 0 Å². The molecule has 3 nitrogen and oxygen atoms in total. The van der Waals surface area contributed by atoms with Crippen LogP contribution in [0.25, 0.3) is 0 Å². The van der Waals surface area contributed by atoms with Crippen LogP contribution in [0.4, 0.5) is 0 Å². The summed E-state index contributed by atoms with van der Waals surface area (Å²) in [6, 6.07) is 4.54. The maximum atomic E-state index is 8.87. The first-order valence-electron chi connectivity index (χ1n) is 3.87. The Bertz CT molecular complexity index is 248. The van der Waals surface area contributed by atoms with Crippen molar-refractivity contribution in [3.8, 4) is 5.75 Å². The molecular formula is C9H12NO2. The first-order valence-corrected chi connectivity index (χ1v) is 3.87. The lowest BCUT2D eigenvalue weighted by atomic mass is 10.3. The Labute approximate surface area is 72.0 Å². The predicted octanol–water partition coefficient (Wildman–Crippen LogP) is 1.16. The zero-order valence-corrected chi connectivity index (χ0v) is 7.24. The lowest BCUT2D eigenvalue weighted by Crippen LogP contribution is -2.08. The standard InChI is InChI=1S/C9H12NO2/c1-7(2)12-9-4-3-5-10-8(9)6-11/h3,5,7,11H,6H2,1-2H3. The van der Waals surface area contributed by atoms with Gasteiger partial charge in [-0.05, 0) is 19.9 Å². The van der Waals surface area contributed by atoms with E-state index in [0.717, 1.165) is 0 Å². The summed E-state index contributed by atoms with van der Waals surface area (Å²) in [6.45, 7) is 3.73. The molecule has 65 valence electrons. The SMILES string of the molecule is CC(C)Oc1[c]ccnc1CO. The number of hydrogen-bond donors (Lipinski definition) is 1. The van der Waals surface area contributed by atoms with Gasteiger partial charge in [0, 0.05) is 12.3 Å². The normalized spacial score (nSPS) is 10.3. The summed E-state index contributed by atoms with van der Waals surface area (Å²) < 4.78 is 5.36. The van der Waals surface area contributed by atoms with Gasteiger partial charge < -0.3 is 9.84 Å². The minimum Gasteiger partial charge on any atom is -0.488 e. The van der Waals surface area contributed by atoms with E-state index in [0.29, 0.717) is 11.4 Å². The quantitative estimate of drug-likeness (QED) is 0.732. The van der Waals surface area contributed by atoms with Crippen molar-refractivity contribution in [3.63, 3.8) is 0 Å². The number of aromatic nitrogens is 1. The zero-order chi connectivity index (χ0) is 8.97. The third-order valence-electron chi connectivity index (χ3n) is 1.28. The van der Waals surface area contributed by atoms with E-state index in [1.165, 1.54) is 0 Å². The predicted molar refractivity (Wildman–Crippen MR) is 44.8 cm³/mol. The minimum atomic E-state index is -0.112. The van der Waals surface area contributed by atoms with E-state index >= 15 is 0 Å². The molecule has 1 aromatic rings. The lowest BCUT2D eigenvalue weighted by Gasteiger charge is -2.10. The van der Waals surface area contributed by atoms with Crippen LogP contribution >= 0.6 is 0 Å². The number of aliphatic hydroxyl groups is 1. The van der Waals surface area contributed by atoms with Crippen LogP contribution in [0.5, 0.6) is 5.75 Å². The van der Waals surface area contributed by atoms with Crippen LogP contribution in [0.3, 0.4) is 0 Å². The number of rotatable bonds is 3. The number of aliphatic hydroxyl groups excluding tert-OH is 1. The summed E-state index contributed by atoms with van der Waals surface area (Å²) in [6.07, 6.45) is 1.66. The smallest absolute Gasteiger partial charge is 0.151 e. The molecule has 0 fully saturated rings. The zero-order valence-electron chi connectivity index (χ0n) is 7.24. The Morgan fingerprint density at radius 2 is 2.42 bits per heavy atom. The summed E-state index contributed by atoms with van der Waals surface area (Å²) >= 11 is 0. The average Bonchev–Trinajstić information content (AvgIpc) is 2.04. The maximum Gasteiger partial charge on any atom is 0.151 e. The van der Waals surface area contributed by atoms with Crippen LogP contribution < -0.4 is 4.74 Å². The van der Waals surface area contributed by atoms with Gasteiger partial charge in [-0.25, -0.2) is 0 Å². The highest BCUT2D eigenvalue weighted by Gasteiger charge is 2.04. The number of nitrogens with zero attached hydrogens (tertiary/aromatic N) is 1. The molecule has 0 amide bonds. The topological polar surface area (TPSA) is 42.4 Å². The second-order valence-electron chi connectivity index (χ2n) is 2.69. The summed E-state index contributed by atoms with van der Waals surface area (Å²) in [7, 11) is 0. The minimum absolute atomic E-state index is 0.0794. The van der Waals surface area contributed by atoms with E-state index in [-0.39, 0.29) is 12.7 Å². The number of hydrogen-bond acceptors (Lipinski definition) is 3. The molecule has 0 aromatic carbocycles. The molecule has 1 rings (SSSR count). The Hall–Kier alpha value is -1.09. The molecule has 0 aliphatic rings. The molecule has 1 heterocycles.